The van der Waals surface area contributed by atoms with E-state index < -0.39 is 0 Å². The zero-order valence-corrected chi connectivity index (χ0v) is 13.4. The Bertz CT molecular complexity index is 652. The molecule has 4 nitrogen and oxygen atoms in total. The van der Waals surface area contributed by atoms with Gasteiger partial charge in [0, 0.05) is 18.5 Å². The maximum absolute atomic E-state index is 11.4. The molecule has 2 aromatic carbocycles. The van der Waals surface area contributed by atoms with Gasteiger partial charge in [0.15, 0.2) is 0 Å². The fraction of sp³-hybridized carbons (Fsp3) is 0.389. The summed E-state index contributed by atoms with van der Waals surface area (Å²) in [5, 5.41) is 5.16. The van der Waals surface area contributed by atoms with Crippen LogP contribution in [0.1, 0.15) is 25.8 Å². The summed E-state index contributed by atoms with van der Waals surface area (Å²) >= 11 is 0. The van der Waals surface area contributed by atoms with Gasteiger partial charge >= 0.3 is 0 Å². The molecule has 0 spiro atoms. The molecule has 0 aliphatic rings. The van der Waals surface area contributed by atoms with Crippen LogP contribution in [0, 0.1) is 0 Å². The van der Waals surface area contributed by atoms with E-state index in [4.69, 9.17) is 9.47 Å². The Morgan fingerprint density at radius 2 is 1.95 bits per heavy atom. The molecule has 0 unspecified atom stereocenters. The summed E-state index contributed by atoms with van der Waals surface area (Å²) in [6.45, 7) is 5.05. The van der Waals surface area contributed by atoms with Crippen LogP contribution in [0.25, 0.3) is 10.8 Å². The van der Waals surface area contributed by atoms with E-state index in [9.17, 15) is 4.79 Å². The summed E-state index contributed by atoms with van der Waals surface area (Å²) < 4.78 is 11.1. The molecule has 1 N–H and O–H groups in total. The zero-order chi connectivity index (χ0) is 15.9. The van der Waals surface area contributed by atoms with Crippen molar-refractivity contribution in [1.82, 2.24) is 5.32 Å². The summed E-state index contributed by atoms with van der Waals surface area (Å²) in [7, 11) is 1.67. The standard InChI is InChI=1S/C18H23NO3/c1-4-18(20)19-11-10-15-16-12-14(22-5-2)8-6-13(16)7-9-17(15)21-3/h6-9,12H,4-5,10-11H2,1-3H3,(H,19,20). The molecule has 4 heteroatoms. The normalized spacial score (nSPS) is 10.5. The van der Waals surface area contributed by atoms with Crippen LogP contribution in [-0.4, -0.2) is 26.2 Å². The molecular formula is C18H23NO3. The van der Waals surface area contributed by atoms with Crippen LogP contribution < -0.4 is 14.8 Å². The molecule has 0 fully saturated rings. The van der Waals surface area contributed by atoms with E-state index in [-0.39, 0.29) is 5.91 Å². The smallest absolute Gasteiger partial charge is 0.219 e. The van der Waals surface area contributed by atoms with Crippen LogP contribution >= 0.6 is 0 Å². The third kappa shape index (κ3) is 3.70. The Hall–Kier alpha value is -2.23. The minimum Gasteiger partial charge on any atom is -0.496 e. The van der Waals surface area contributed by atoms with E-state index in [0.29, 0.717) is 19.6 Å². The molecule has 22 heavy (non-hydrogen) atoms. The van der Waals surface area contributed by atoms with Crippen LogP contribution in [0.15, 0.2) is 30.3 Å². The first-order valence-corrected chi connectivity index (χ1v) is 7.68. The summed E-state index contributed by atoms with van der Waals surface area (Å²) in [4.78, 5) is 11.4. The van der Waals surface area contributed by atoms with Crippen molar-refractivity contribution in [1.29, 1.82) is 0 Å². The second-order valence-corrected chi connectivity index (χ2v) is 5.02. The lowest BCUT2D eigenvalue weighted by Crippen LogP contribution is -2.24. The second kappa shape index (κ2) is 7.69. The lowest BCUT2D eigenvalue weighted by atomic mass is 10.0. The van der Waals surface area contributed by atoms with Crippen LogP contribution in [0.2, 0.25) is 0 Å². The van der Waals surface area contributed by atoms with Crippen molar-refractivity contribution in [3.8, 4) is 11.5 Å². The Morgan fingerprint density at radius 1 is 1.18 bits per heavy atom. The van der Waals surface area contributed by atoms with Crippen molar-refractivity contribution in [2.75, 3.05) is 20.3 Å². The molecule has 0 atom stereocenters. The van der Waals surface area contributed by atoms with Crippen molar-refractivity contribution >= 4 is 16.7 Å². The van der Waals surface area contributed by atoms with Gasteiger partial charge in [0.1, 0.15) is 11.5 Å². The van der Waals surface area contributed by atoms with Gasteiger partial charge in [0.25, 0.3) is 0 Å². The molecule has 0 aliphatic heterocycles. The highest BCUT2D eigenvalue weighted by molar-refractivity contribution is 5.89. The number of carbonyl (C=O) groups is 1. The van der Waals surface area contributed by atoms with Crippen molar-refractivity contribution in [2.45, 2.75) is 26.7 Å². The molecule has 0 aliphatic carbocycles. The van der Waals surface area contributed by atoms with Crippen LogP contribution in [0.4, 0.5) is 0 Å². The van der Waals surface area contributed by atoms with E-state index >= 15 is 0 Å². The van der Waals surface area contributed by atoms with Crippen LogP contribution in [0.5, 0.6) is 11.5 Å². The van der Waals surface area contributed by atoms with E-state index in [2.05, 4.69) is 5.32 Å². The van der Waals surface area contributed by atoms with Crippen molar-refractivity contribution in [3.63, 3.8) is 0 Å². The monoisotopic (exact) mass is 301 g/mol. The van der Waals surface area contributed by atoms with E-state index in [1.54, 1.807) is 7.11 Å². The fourth-order valence-electron chi connectivity index (χ4n) is 2.50. The summed E-state index contributed by atoms with van der Waals surface area (Å²) in [6.07, 6.45) is 1.23. The quantitative estimate of drug-likeness (QED) is 0.853. The molecule has 0 saturated heterocycles. The SMILES string of the molecule is CCOc1ccc2ccc(OC)c(CCNC(=O)CC)c2c1. The zero-order valence-electron chi connectivity index (χ0n) is 13.4. The first-order chi connectivity index (χ1) is 10.7. The lowest BCUT2D eigenvalue weighted by Gasteiger charge is -2.14. The average Bonchev–Trinajstić information content (AvgIpc) is 2.55. The average molecular weight is 301 g/mol. The Labute approximate surface area is 131 Å². The van der Waals surface area contributed by atoms with E-state index in [0.717, 1.165) is 34.3 Å². The highest BCUT2D eigenvalue weighted by atomic mass is 16.5. The molecular weight excluding hydrogens is 278 g/mol. The number of ether oxygens (including phenoxy) is 2. The predicted molar refractivity (Wildman–Crippen MR) is 88.7 cm³/mol. The highest BCUT2D eigenvalue weighted by Gasteiger charge is 2.10. The second-order valence-electron chi connectivity index (χ2n) is 5.02. The molecule has 118 valence electrons. The minimum atomic E-state index is 0.0641. The van der Waals surface area contributed by atoms with Crippen molar-refractivity contribution in [3.05, 3.63) is 35.9 Å². The molecule has 0 aromatic heterocycles. The first kappa shape index (κ1) is 16.1. The third-order valence-corrected chi connectivity index (χ3v) is 3.61. The lowest BCUT2D eigenvalue weighted by molar-refractivity contribution is -0.120. The minimum absolute atomic E-state index is 0.0641. The van der Waals surface area contributed by atoms with Crippen molar-refractivity contribution in [2.24, 2.45) is 0 Å². The Kier molecular flexibility index (Phi) is 5.64. The molecule has 2 aromatic rings. The number of benzene rings is 2. The van der Waals surface area contributed by atoms with E-state index in [1.807, 2.05) is 44.2 Å². The van der Waals surface area contributed by atoms with Gasteiger partial charge in [-0.2, -0.15) is 0 Å². The van der Waals surface area contributed by atoms with Gasteiger partial charge in [-0.1, -0.05) is 19.1 Å². The Balaban J connectivity index is 2.34. The third-order valence-electron chi connectivity index (χ3n) is 3.61. The van der Waals surface area contributed by atoms with Gasteiger partial charge in [-0.05, 0) is 42.3 Å². The first-order valence-electron chi connectivity index (χ1n) is 7.68. The fourth-order valence-corrected chi connectivity index (χ4v) is 2.50. The van der Waals surface area contributed by atoms with Crippen LogP contribution in [-0.2, 0) is 11.2 Å². The van der Waals surface area contributed by atoms with Gasteiger partial charge in [0.2, 0.25) is 5.91 Å². The topological polar surface area (TPSA) is 47.6 Å². The molecule has 0 radical (unpaired) electrons. The van der Waals surface area contributed by atoms with Crippen LogP contribution in [0.3, 0.4) is 0 Å². The maximum atomic E-state index is 11.4. The summed E-state index contributed by atoms with van der Waals surface area (Å²) in [5.41, 5.74) is 1.10. The largest absolute Gasteiger partial charge is 0.496 e. The number of nitrogens with one attached hydrogen (secondary N) is 1. The number of rotatable bonds is 7. The van der Waals surface area contributed by atoms with Gasteiger partial charge < -0.3 is 14.8 Å². The predicted octanol–water partition coefficient (Wildman–Crippen LogP) is 3.32. The number of amides is 1. The van der Waals surface area contributed by atoms with Gasteiger partial charge in [0.05, 0.1) is 13.7 Å². The number of carbonyl (C=O) groups excluding carboxylic acids is 1. The van der Waals surface area contributed by atoms with Crippen molar-refractivity contribution < 1.29 is 14.3 Å². The molecule has 1 amide bonds. The van der Waals surface area contributed by atoms with Gasteiger partial charge in [-0.25, -0.2) is 0 Å². The number of fused-ring (bicyclic) bond motifs is 1. The highest BCUT2D eigenvalue weighted by Crippen LogP contribution is 2.31. The molecule has 0 heterocycles. The summed E-state index contributed by atoms with van der Waals surface area (Å²) in [5.74, 6) is 1.75. The van der Waals surface area contributed by atoms with E-state index in [1.165, 1.54) is 0 Å². The molecule has 0 bridgehead atoms. The molecule has 0 saturated carbocycles. The summed E-state index contributed by atoms with van der Waals surface area (Å²) in [6, 6.07) is 10.1. The number of hydrogen-bond donors (Lipinski definition) is 1. The van der Waals surface area contributed by atoms with Gasteiger partial charge in [-0.3, -0.25) is 4.79 Å². The molecule has 2 rings (SSSR count). The number of hydrogen-bond acceptors (Lipinski definition) is 3. The maximum Gasteiger partial charge on any atom is 0.219 e. The number of methoxy groups -OCH3 is 1. The Morgan fingerprint density at radius 3 is 2.64 bits per heavy atom. The van der Waals surface area contributed by atoms with Gasteiger partial charge in [-0.15, -0.1) is 0 Å².